The molecule has 0 radical (unpaired) electrons. The lowest BCUT2D eigenvalue weighted by molar-refractivity contribution is 0.407. The Morgan fingerprint density at radius 1 is 1.04 bits per heavy atom. The Morgan fingerprint density at radius 2 is 2.00 bits per heavy atom. The van der Waals surface area contributed by atoms with Gasteiger partial charge in [-0.3, -0.25) is 4.98 Å². The second kappa shape index (κ2) is 7.18. The Morgan fingerprint density at radius 3 is 2.77 bits per heavy atom. The van der Waals surface area contributed by atoms with Crippen LogP contribution in [-0.2, 0) is 13.1 Å². The quantitative estimate of drug-likeness (QED) is 0.537. The van der Waals surface area contributed by atoms with Gasteiger partial charge in [-0.15, -0.1) is 0 Å². The Bertz CT molecular complexity index is 978. The fourth-order valence-electron chi connectivity index (χ4n) is 2.89. The molecule has 130 valence electrons. The summed E-state index contributed by atoms with van der Waals surface area (Å²) in [5.74, 6) is 1.70. The highest BCUT2D eigenvalue weighted by atomic mass is 16.5. The first-order valence-corrected chi connectivity index (χ1v) is 8.24. The van der Waals surface area contributed by atoms with Crippen molar-refractivity contribution in [3.63, 3.8) is 0 Å². The third-order valence-corrected chi connectivity index (χ3v) is 4.11. The highest BCUT2D eigenvalue weighted by molar-refractivity contribution is 5.59. The van der Waals surface area contributed by atoms with Crippen molar-refractivity contribution in [2.75, 3.05) is 7.11 Å². The molecule has 0 aliphatic heterocycles. The van der Waals surface area contributed by atoms with Crippen molar-refractivity contribution in [3.05, 3.63) is 78.9 Å². The number of hydrogen-bond donors (Lipinski definition) is 0. The first kappa shape index (κ1) is 16.0. The van der Waals surface area contributed by atoms with Gasteiger partial charge < -0.3 is 9.30 Å². The summed E-state index contributed by atoms with van der Waals surface area (Å²) >= 11 is 0. The second-order valence-corrected chi connectivity index (χ2v) is 5.82. The maximum atomic E-state index is 5.49. The number of rotatable bonds is 6. The normalized spacial score (nSPS) is 10.8. The minimum atomic E-state index is 0.581. The molecule has 3 aromatic heterocycles. The zero-order valence-corrected chi connectivity index (χ0v) is 14.4. The van der Waals surface area contributed by atoms with E-state index in [4.69, 9.17) is 4.74 Å². The number of imidazole rings is 1. The zero-order chi connectivity index (χ0) is 17.8. The fourth-order valence-corrected chi connectivity index (χ4v) is 2.89. The van der Waals surface area contributed by atoms with Crippen LogP contribution < -0.4 is 4.74 Å². The molecule has 0 saturated heterocycles. The van der Waals surface area contributed by atoms with Crippen LogP contribution in [0.15, 0.2) is 67.6 Å². The van der Waals surface area contributed by atoms with Crippen LogP contribution in [0.3, 0.4) is 0 Å². The number of aromatic nitrogens is 6. The molecule has 0 aliphatic rings. The van der Waals surface area contributed by atoms with Crippen LogP contribution in [0, 0.1) is 0 Å². The lowest BCUT2D eigenvalue weighted by Crippen LogP contribution is -2.05. The Hall–Kier alpha value is -3.48. The number of hydrogen-bond acceptors (Lipinski definition) is 5. The van der Waals surface area contributed by atoms with Crippen LogP contribution in [0.4, 0.5) is 0 Å². The van der Waals surface area contributed by atoms with Crippen molar-refractivity contribution in [1.29, 1.82) is 0 Å². The molecule has 26 heavy (non-hydrogen) atoms. The van der Waals surface area contributed by atoms with Crippen LogP contribution in [0.2, 0.25) is 0 Å². The molecule has 3 heterocycles. The van der Waals surface area contributed by atoms with Gasteiger partial charge in [0.05, 0.1) is 25.9 Å². The summed E-state index contributed by atoms with van der Waals surface area (Å²) in [6.07, 6.45) is 8.78. The Balaban J connectivity index is 1.67. The molecule has 0 aliphatic carbocycles. The zero-order valence-electron chi connectivity index (χ0n) is 14.4. The summed E-state index contributed by atoms with van der Waals surface area (Å²) in [5.41, 5.74) is 3.02. The van der Waals surface area contributed by atoms with Crippen molar-refractivity contribution in [2.45, 2.75) is 13.1 Å². The predicted molar refractivity (Wildman–Crippen MR) is 96.7 cm³/mol. The van der Waals surface area contributed by atoms with E-state index in [1.165, 1.54) is 6.33 Å². The van der Waals surface area contributed by atoms with Crippen LogP contribution in [0.1, 0.15) is 11.3 Å². The third kappa shape index (κ3) is 3.32. The van der Waals surface area contributed by atoms with E-state index in [-0.39, 0.29) is 0 Å². The highest BCUT2D eigenvalue weighted by Gasteiger charge is 2.11. The number of ether oxygens (including phenoxy) is 1. The molecule has 0 unspecified atom stereocenters. The molecule has 4 rings (SSSR count). The second-order valence-electron chi connectivity index (χ2n) is 5.82. The molecule has 1 aromatic carbocycles. The number of nitrogens with zero attached hydrogens (tertiary/aromatic N) is 6. The van der Waals surface area contributed by atoms with Crippen LogP contribution in [0.5, 0.6) is 5.75 Å². The van der Waals surface area contributed by atoms with E-state index in [2.05, 4.69) is 30.7 Å². The third-order valence-electron chi connectivity index (χ3n) is 4.11. The van der Waals surface area contributed by atoms with Crippen LogP contribution in [-0.4, -0.2) is 36.4 Å². The first-order chi connectivity index (χ1) is 12.8. The van der Waals surface area contributed by atoms with E-state index in [0.29, 0.717) is 13.1 Å². The van der Waals surface area contributed by atoms with Gasteiger partial charge in [0.25, 0.3) is 0 Å². The van der Waals surface area contributed by atoms with E-state index in [0.717, 1.165) is 28.4 Å². The van der Waals surface area contributed by atoms with E-state index in [1.807, 2.05) is 36.5 Å². The van der Waals surface area contributed by atoms with Gasteiger partial charge in [-0.25, -0.2) is 14.6 Å². The van der Waals surface area contributed by atoms with E-state index < -0.39 is 0 Å². The molecule has 0 atom stereocenters. The summed E-state index contributed by atoms with van der Waals surface area (Å²) in [6.45, 7) is 1.25. The molecular formula is C19H18N6O. The molecule has 0 spiro atoms. The molecule has 7 heteroatoms. The van der Waals surface area contributed by atoms with Gasteiger partial charge in [0, 0.05) is 29.7 Å². The molecule has 0 saturated carbocycles. The molecule has 4 aromatic rings. The topological polar surface area (TPSA) is 70.7 Å². The lowest BCUT2D eigenvalue weighted by Gasteiger charge is -2.12. The summed E-state index contributed by atoms with van der Waals surface area (Å²) in [6, 6.07) is 12.0. The van der Waals surface area contributed by atoms with Crippen molar-refractivity contribution < 1.29 is 4.74 Å². The fraction of sp³-hybridized carbons (Fsp3) is 0.158. The number of pyridine rings is 1. The van der Waals surface area contributed by atoms with Crippen molar-refractivity contribution in [1.82, 2.24) is 29.3 Å². The average Bonchev–Trinajstić information content (AvgIpc) is 3.35. The molecule has 0 amide bonds. The highest BCUT2D eigenvalue weighted by Crippen LogP contribution is 2.26. The van der Waals surface area contributed by atoms with Crippen molar-refractivity contribution in [3.8, 4) is 17.1 Å². The summed E-state index contributed by atoms with van der Waals surface area (Å²) < 4.78 is 9.35. The minimum absolute atomic E-state index is 0.581. The van der Waals surface area contributed by atoms with E-state index in [9.17, 15) is 0 Å². The molecular weight excluding hydrogens is 328 g/mol. The van der Waals surface area contributed by atoms with Crippen molar-refractivity contribution >= 4 is 0 Å². The predicted octanol–water partition coefficient (Wildman–Crippen LogP) is 2.64. The van der Waals surface area contributed by atoms with Gasteiger partial charge in [0.15, 0.2) is 0 Å². The van der Waals surface area contributed by atoms with Gasteiger partial charge in [0.1, 0.15) is 24.2 Å². The van der Waals surface area contributed by atoms with Crippen LogP contribution in [0.25, 0.3) is 11.4 Å². The Kier molecular flexibility index (Phi) is 4.42. The summed E-state index contributed by atoms with van der Waals surface area (Å²) in [7, 11) is 1.67. The minimum Gasteiger partial charge on any atom is -0.496 e. The Labute approximate surface area is 150 Å². The summed E-state index contributed by atoms with van der Waals surface area (Å²) in [5, 5.41) is 4.17. The van der Waals surface area contributed by atoms with Crippen molar-refractivity contribution in [2.24, 2.45) is 0 Å². The molecule has 0 fully saturated rings. The molecule has 0 bridgehead atoms. The largest absolute Gasteiger partial charge is 0.496 e. The maximum absolute atomic E-state index is 5.49. The molecule has 7 nitrogen and oxygen atoms in total. The monoisotopic (exact) mass is 346 g/mol. The maximum Gasteiger partial charge on any atom is 0.140 e. The SMILES string of the molecule is COc1ccc(-c2nccn2Cc2ccccn2)cc1Cn1cncn1. The summed E-state index contributed by atoms with van der Waals surface area (Å²) in [4.78, 5) is 12.9. The molecule has 0 N–H and O–H groups in total. The van der Waals surface area contributed by atoms with Crippen LogP contribution >= 0.6 is 0 Å². The van der Waals surface area contributed by atoms with E-state index >= 15 is 0 Å². The van der Waals surface area contributed by atoms with Gasteiger partial charge in [-0.2, -0.15) is 5.10 Å². The standard InChI is InChI=1S/C19H18N6O/c1-26-18-6-5-15(10-16(18)11-25-14-20-13-23-25)19-22-8-9-24(19)12-17-4-2-3-7-21-17/h2-10,13-14H,11-12H2,1H3. The van der Waals surface area contributed by atoms with Gasteiger partial charge >= 0.3 is 0 Å². The smallest absolute Gasteiger partial charge is 0.140 e. The average molecular weight is 346 g/mol. The first-order valence-electron chi connectivity index (χ1n) is 8.24. The van der Waals surface area contributed by atoms with E-state index in [1.54, 1.807) is 30.5 Å². The lowest BCUT2D eigenvalue weighted by atomic mass is 10.1. The van der Waals surface area contributed by atoms with Gasteiger partial charge in [-0.05, 0) is 30.3 Å². The van der Waals surface area contributed by atoms with Gasteiger partial charge in [0.2, 0.25) is 0 Å². The number of methoxy groups -OCH3 is 1. The number of benzene rings is 1. The van der Waals surface area contributed by atoms with Gasteiger partial charge in [-0.1, -0.05) is 6.07 Å².